The zero-order valence-corrected chi connectivity index (χ0v) is 16.8. The maximum absolute atomic E-state index is 2.71. The summed E-state index contributed by atoms with van der Waals surface area (Å²) < 4.78 is 0. The first kappa shape index (κ1) is 17.8. The van der Waals surface area contributed by atoms with E-state index in [1.54, 1.807) is 32.1 Å². The lowest BCUT2D eigenvalue weighted by atomic mass is 9.44. The smallest absolute Gasteiger partial charge is 0.0266 e. The number of rotatable bonds is 0. The highest BCUT2D eigenvalue weighted by Gasteiger charge is 2.59. The molecule has 0 aromatic carbocycles. The van der Waals surface area contributed by atoms with Crippen molar-refractivity contribution >= 4 is 0 Å². The third-order valence-electron chi connectivity index (χ3n) is 9.40. The summed E-state index contributed by atoms with van der Waals surface area (Å²) in [4.78, 5) is 0. The maximum Gasteiger partial charge on any atom is -0.0266 e. The monoisotopic (exact) mass is 318 g/mol. The van der Waals surface area contributed by atoms with Crippen molar-refractivity contribution in [2.75, 3.05) is 0 Å². The molecular weight excluding hydrogens is 276 g/mol. The zero-order valence-electron chi connectivity index (χ0n) is 16.8. The standard InChI is InChI=1S/C21H36.C2H6/c1-14-9-11-21(4)16(13-14)6-7-17-18-8-5-15(2)20(18,3)12-10-19(17)21;1-2/h14-19H,5-13H2,1-4H3;1-2H3. The molecule has 0 amide bonds. The molecule has 0 nitrogen and oxygen atoms in total. The van der Waals surface area contributed by atoms with Crippen molar-refractivity contribution < 1.29 is 0 Å². The van der Waals surface area contributed by atoms with Crippen molar-refractivity contribution in [1.29, 1.82) is 0 Å². The molecule has 8 unspecified atom stereocenters. The van der Waals surface area contributed by atoms with Gasteiger partial charge in [-0.15, -0.1) is 0 Å². The van der Waals surface area contributed by atoms with Crippen LogP contribution in [0.4, 0.5) is 0 Å². The minimum atomic E-state index is 0.701. The van der Waals surface area contributed by atoms with Gasteiger partial charge < -0.3 is 0 Å². The van der Waals surface area contributed by atoms with Gasteiger partial charge in [-0.3, -0.25) is 0 Å². The number of fused-ring (bicyclic) bond motifs is 5. The lowest BCUT2D eigenvalue weighted by molar-refractivity contribution is -0.115. The molecule has 0 spiro atoms. The Balaban J connectivity index is 0.000000753. The Kier molecular flexibility index (Phi) is 4.94. The molecule has 4 fully saturated rings. The topological polar surface area (TPSA) is 0 Å². The van der Waals surface area contributed by atoms with Crippen molar-refractivity contribution in [2.45, 2.75) is 99.3 Å². The van der Waals surface area contributed by atoms with Gasteiger partial charge in [0.2, 0.25) is 0 Å². The highest BCUT2D eigenvalue weighted by atomic mass is 14.6. The minimum absolute atomic E-state index is 0.701. The van der Waals surface area contributed by atoms with Crippen LogP contribution < -0.4 is 0 Å². The van der Waals surface area contributed by atoms with Crippen LogP contribution in [-0.4, -0.2) is 0 Å². The fourth-order valence-corrected chi connectivity index (χ4v) is 7.74. The van der Waals surface area contributed by atoms with Crippen LogP contribution in [0.15, 0.2) is 0 Å². The Morgan fingerprint density at radius 1 is 0.696 bits per heavy atom. The van der Waals surface area contributed by atoms with Gasteiger partial charge in [0.05, 0.1) is 0 Å². The van der Waals surface area contributed by atoms with Crippen LogP contribution >= 0.6 is 0 Å². The van der Waals surface area contributed by atoms with E-state index in [-0.39, 0.29) is 0 Å². The van der Waals surface area contributed by atoms with E-state index in [0.29, 0.717) is 10.8 Å². The molecule has 0 aromatic heterocycles. The van der Waals surface area contributed by atoms with Gasteiger partial charge in [0, 0.05) is 0 Å². The molecule has 0 bridgehead atoms. The van der Waals surface area contributed by atoms with Crippen molar-refractivity contribution in [2.24, 2.45) is 46.3 Å². The van der Waals surface area contributed by atoms with Gasteiger partial charge in [-0.25, -0.2) is 0 Å². The highest BCUT2D eigenvalue weighted by Crippen LogP contribution is 2.67. The van der Waals surface area contributed by atoms with Crippen molar-refractivity contribution in [1.82, 2.24) is 0 Å². The van der Waals surface area contributed by atoms with E-state index in [4.69, 9.17) is 0 Å². The molecule has 0 aliphatic heterocycles. The van der Waals surface area contributed by atoms with Gasteiger partial charge in [0.25, 0.3) is 0 Å². The first-order valence-corrected chi connectivity index (χ1v) is 10.9. The molecule has 0 heterocycles. The molecule has 0 N–H and O–H groups in total. The molecular formula is C23H42. The molecule has 0 radical (unpaired) electrons. The Labute approximate surface area is 146 Å². The lowest BCUT2D eigenvalue weighted by Crippen LogP contribution is -2.53. The maximum atomic E-state index is 2.71. The van der Waals surface area contributed by atoms with Gasteiger partial charge in [-0.1, -0.05) is 48.0 Å². The summed E-state index contributed by atoms with van der Waals surface area (Å²) in [5.41, 5.74) is 1.41. The van der Waals surface area contributed by atoms with E-state index in [1.165, 1.54) is 25.7 Å². The Morgan fingerprint density at radius 3 is 2.09 bits per heavy atom. The summed E-state index contributed by atoms with van der Waals surface area (Å²) in [6.07, 6.45) is 13.9. The van der Waals surface area contributed by atoms with Crippen LogP contribution in [0, 0.1) is 46.3 Å². The van der Waals surface area contributed by atoms with Gasteiger partial charge in [-0.05, 0) is 97.7 Å². The van der Waals surface area contributed by atoms with E-state index in [0.717, 1.165) is 35.5 Å². The van der Waals surface area contributed by atoms with Gasteiger partial charge in [-0.2, -0.15) is 0 Å². The van der Waals surface area contributed by atoms with Crippen LogP contribution in [0.25, 0.3) is 0 Å². The minimum Gasteiger partial charge on any atom is -0.0683 e. The van der Waals surface area contributed by atoms with Gasteiger partial charge in [0.15, 0.2) is 0 Å². The zero-order chi connectivity index (χ0) is 16.8. The highest BCUT2D eigenvalue weighted by molar-refractivity contribution is 5.08. The van der Waals surface area contributed by atoms with Crippen molar-refractivity contribution in [3.05, 3.63) is 0 Å². The van der Waals surface area contributed by atoms with Crippen LogP contribution in [0.2, 0.25) is 0 Å². The van der Waals surface area contributed by atoms with Crippen LogP contribution in [0.3, 0.4) is 0 Å². The predicted molar refractivity (Wildman–Crippen MR) is 101 cm³/mol. The van der Waals surface area contributed by atoms with Gasteiger partial charge in [0.1, 0.15) is 0 Å². The molecule has 0 saturated heterocycles. The van der Waals surface area contributed by atoms with Crippen molar-refractivity contribution in [3.8, 4) is 0 Å². The fraction of sp³-hybridized carbons (Fsp3) is 1.00. The van der Waals surface area contributed by atoms with E-state index in [2.05, 4.69) is 27.7 Å². The fourth-order valence-electron chi connectivity index (χ4n) is 7.74. The van der Waals surface area contributed by atoms with Gasteiger partial charge >= 0.3 is 0 Å². The Morgan fingerprint density at radius 2 is 1.35 bits per heavy atom. The largest absolute Gasteiger partial charge is 0.0683 e. The number of hydrogen-bond acceptors (Lipinski definition) is 0. The normalized spacial score (nSPS) is 55.0. The van der Waals surface area contributed by atoms with Crippen LogP contribution in [0.1, 0.15) is 99.3 Å². The third-order valence-corrected chi connectivity index (χ3v) is 9.40. The van der Waals surface area contributed by atoms with E-state index in [1.807, 2.05) is 13.8 Å². The van der Waals surface area contributed by atoms with Crippen LogP contribution in [-0.2, 0) is 0 Å². The SMILES string of the molecule is CC.CC1CCC2(C)C(CCC3C4CCC(C)C4(C)CCC32)C1. The molecule has 23 heavy (non-hydrogen) atoms. The molecule has 0 heteroatoms. The average molecular weight is 319 g/mol. The lowest BCUT2D eigenvalue weighted by Gasteiger charge is -2.61. The second-order valence-electron chi connectivity index (χ2n) is 10.1. The molecule has 0 aromatic rings. The Bertz CT molecular complexity index is 412. The first-order valence-electron chi connectivity index (χ1n) is 10.9. The molecule has 134 valence electrons. The molecule has 4 rings (SSSR count). The van der Waals surface area contributed by atoms with E-state index in [9.17, 15) is 0 Å². The second kappa shape index (κ2) is 6.38. The van der Waals surface area contributed by atoms with Crippen molar-refractivity contribution in [3.63, 3.8) is 0 Å². The predicted octanol–water partition coefficient (Wildman–Crippen LogP) is 7.33. The van der Waals surface area contributed by atoms with Crippen LogP contribution in [0.5, 0.6) is 0 Å². The number of hydrogen-bond donors (Lipinski definition) is 0. The van der Waals surface area contributed by atoms with E-state index >= 15 is 0 Å². The van der Waals surface area contributed by atoms with E-state index < -0.39 is 0 Å². The summed E-state index contributed by atoms with van der Waals surface area (Å²) in [5, 5.41) is 0. The third kappa shape index (κ3) is 2.62. The summed E-state index contributed by atoms with van der Waals surface area (Å²) >= 11 is 0. The molecule has 4 aliphatic rings. The average Bonchev–Trinajstić information content (AvgIpc) is 2.86. The second-order valence-corrected chi connectivity index (χ2v) is 10.1. The summed E-state index contributed by atoms with van der Waals surface area (Å²) in [6, 6.07) is 0. The first-order chi connectivity index (χ1) is 10.9. The molecule has 8 atom stereocenters. The summed E-state index contributed by atoms with van der Waals surface area (Å²) in [5.74, 6) is 6.28. The molecule has 4 saturated carbocycles. The molecule has 4 aliphatic carbocycles. The summed E-state index contributed by atoms with van der Waals surface area (Å²) in [7, 11) is 0. The quantitative estimate of drug-likeness (QED) is 0.438. The Hall–Kier alpha value is 0. The summed E-state index contributed by atoms with van der Waals surface area (Å²) in [6.45, 7) is 14.4.